The minimum absolute atomic E-state index is 0.0612. The number of Topliss-reactive ketones (excluding diaryl/α,β-unsaturated/α-hetero) is 1. The van der Waals surface area contributed by atoms with Crippen LogP contribution in [0.15, 0.2) is 24.3 Å². The van der Waals surface area contributed by atoms with Gasteiger partial charge >= 0.3 is 0 Å². The van der Waals surface area contributed by atoms with Gasteiger partial charge < -0.3 is 15.3 Å². The number of ketones is 1. The van der Waals surface area contributed by atoms with Gasteiger partial charge in [0.1, 0.15) is 12.1 Å². The van der Waals surface area contributed by atoms with Crippen molar-refractivity contribution in [1.29, 1.82) is 0 Å². The Morgan fingerprint density at radius 1 is 1.42 bits per heavy atom. The van der Waals surface area contributed by atoms with Gasteiger partial charge in [0.25, 0.3) is 0 Å². The van der Waals surface area contributed by atoms with E-state index in [-0.39, 0.29) is 17.7 Å². The number of carbonyl (C=O) groups excluding carboxylic acids is 3. The number of hydrogen-bond donors (Lipinski definition) is 2. The first-order chi connectivity index (χ1) is 14.0. The van der Waals surface area contributed by atoms with Gasteiger partial charge in [-0.25, -0.2) is 0 Å². The lowest BCUT2D eigenvalue weighted by Gasteiger charge is -2.24. The third kappa shape index (κ3) is 4.49. The molecule has 0 aliphatic carbocycles. The van der Waals surface area contributed by atoms with Crippen LogP contribution in [0.1, 0.15) is 51.2 Å². The topological polar surface area (TPSA) is 86.7 Å². The highest BCUT2D eigenvalue weighted by molar-refractivity contribution is 5.92. The Morgan fingerprint density at radius 2 is 2.08 bits per heavy atom. The molecule has 0 aromatic heterocycles. The van der Waals surface area contributed by atoms with Crippen LogP contribution >= 0.6 is 0 Å². The average Bonchev–Trinajstić information content (AvgIpc) is 2.70. The summed E-state index contributed by atoms with van der Waals surface area (Å²) in [5.74, 6) is -6.01. The summed E-state index contributed by atoms with van der Waals surface area (Å²) in [5.41, 5.74) is -0.00453. The maximum absolute atomic E-state index is 13.0. The lowest BCUT2D eigenvalue weighted by molar-refractivity contribution is -0.137. The third-order valence-electron chi connectivity index (χ3n) is 4.15. The number of nitrogens with zero attached hydrogens (tertiary/aromatic N) is 1. The van der Waals surface area contributed by atoms with Crippen LogP contribution in [0.5, 0.6) is 0 Å². The zero-order chi connectivity index (χ0) is 24.0. The molecule has 0 spiro atoms. The molecule has 2 rings (SSSR count). The number of amides is 2. The molecule has 0 bridgehead atoms. The summed E-state index contributed by atoms with van der Waals surface area (Å²) in [6.07, 6.45) is -5.27. The molecule has 6 nitrogen and oxygen atoms in total. The van der Waals surface area contributed by atoms with E-state index < -0.39 is 54.3 Å². The molecule has 2 N–H and O–H groups in total. The summed E-state index contributed by atoms with van der Waals surface area (Å²) in [6, 6.07) is 3.44. The molecular formula is C20H28N2O4. The number of carbonyl (C=O) groups is 3. The first-order valence-electron chi connectivity index (χ1n) is 10.9. The second-order valence-electron chi connectivity index (χ2n) is 6.63. The van der Waals surface area contributed by atoms with Gasteiger partial charge in [-0.1, -0.05) is 45.0 Å². The number of aliphatic hydroxyl groups is 1. The van der Waals surface area contributed by atoms with E-state index in [0.717, 1.165) is 11.8 Å². The van der Waals surface area contributed by atoms with Crippen molar-refractivity contribution < 1.29 is 26.3 Å². The molecule has 0 fully saturated rings. The van der Waals surface area contributed by atoms with E-state index in [4.69, 9.17) is 6.85 Å². The van der Waals surface area contributed by atoms with Gasteiger partial charge in [-0.2, -0.15) is 0 Å². The highest BCUT2D eigenvalue weighted by atomic mass is 16.3. The van der Waals surface area contributed by atoms with Crippen molar-refractivity contribution in [3.63, 3.8) is 0 Å². The predicted molar refractivity (Wildman–Crippen MR) is 98.3 cm³/mol. The molecule has 1 aliphatic rings. The van der Waals surface area contributed by atoms with Crippen LogP contribution in [0.2, 0.25) is 0 Å². The van der Waals surface area contributed by atoms with Crippen molar-refractivity contribution in [2.24, 2.45) is 11.8 Å². The second kappa shape index (κ2) is 8.45. The zero-order valence-electron chi connectivity index (χ0n) is 20.4. The molecule has 0 unspecified atom stereocenters. The number of fused-ring (bicyclic) bond motifs is 1. The van der Waals surface area contributed by atoms with Crippen LogP contribution in [0.3, 0.4) is 0 Å². The Kier molecular flexibility index (Phi) is 4.52. The molecule has 3 atom stereocenters. The lowest BCUT2D eigenvalue weighted by Crippen LogP contribution is -2.43. The standard InChI is InChI=1S/C20H28N2O4/c1-12(2)18(24)16(23)11-13(3)19(25)21-17-15-8-6-5-7-14(15)9-10-22(4)20(17)26/h5-8,12-13,17-18,24H,9-11H2,1-4H3,(H,21,25)/t13-,17+,18+/m1/s1/i9D2,13D,17D,18D. The molecular weight excluding hydrogens is 332 g/mol. The Bertz CT molecular complexity index is 903. The van der Waals surface area contributed by atoms with Crippen molar-refractivity contribution in [2.45, 2.75) is 45.7 Å². The fraction of sp³-hybridized carbons (Fsp3) is 0.550. The van der Waals surface area contributed by atoms with Crippen molar-refractivity contribution in [2.75, 3.05) is 13.6 Å². The minimum Gasteiger partial charge on any atom is -0.385 e. The molecule has 1 heterocycles. The van der Waals surface area contributed by atoms with E-state index in [0.29, 0.717) is 0 Å². The van der Waals surface area contributed by atoms with Crippen molar-refractivity contribution in [1.82, 2.24) is 10.2 Å². The first kappa shape index (κ1) is 13.9. The molecule has 2 amide bonds. The molecule has 1 aromatic carbocycles. The fourth-order valence-corrected chi connectivity index (χ4v) is 2.51. The first-order valence-corrected chi connectivity index (χ1v) is 8.40. The lowest BCUT2D eigenvalue weighted by atomic mass is 9.94. The van der Waals surface area contributed by atoms with E-state index in [1.54, 1.807) is 6.07 Å². The van der Waals surface area contributed by atoms with Crippen LogP contribution < -0.4 is 5.32 Å². The third-order valence-corrected chi connectivity index (χ3v) is 4.15. The quantitative estimate of drug-likeness (QED) is 0.799. The summed E-state index contributed by atoms with van der Waals surface area (Å²) in [7, 11) is 1.31. The van der Waals surface area contributed by atoms with Gasteiger partial charge in [-0.15, -0.1) is 0 Å². The molecule has 0 radical (unpaired) electrons. The maximum Gasteiger partial charge on any atom is 0.249 e. The number of nitrogens with one attached hydrogen (secondary N) is 1. The molecule has 26 heavy (non-hydrogen) atoms. The molecule has 6 heteroatoms. The molecule has 142 valence electrons. The Hall–Kier alpha value is -2.21. The number of rotatable bonds is 6. The van der Waals surface area contributed by atoms with Crippen LogP contribution in [-0.2, 0) is 20.8 Å². The van der Waals surface area contributed by atoms with Gasteiger partial charge in [-0.05, 0) is 23.4 Å². The Labute approximate surface area is 161 Å². The van der Waals surface area contributed by atoms with Gasteiger partial charge in [0.2, 0.25) is 11.8 Å². The summed E-state index contributed by atoms with van der Waals surface area (Å²) in [6.45, 7) is 3.66. The fourth-order valence-electron chi connectivity index (χ4n) is 2.51. The van der Waals surface area contributed by atoms with Crippen molar-refractivity contribution >= 4 is 17.6 Å². The van der Waals surface area contributed by atoms with E-state index in [1.807, 2.05) is 0 Å². The zero-order valence-corrected chi connectivity index (χ0v) is 15.4. The van der Waals surface area contributed by atoms with E-state index in [1.165, 1.54) is 39.1 Å². The monoisotopic (exact) mass is 365 g/mol. The summed E-state index contributed by atoms with van der Waals surface area (Å²) < 4.78 is 41.5. The van der Waals surface area contributed by atoms with Gasteiger partial charge in [-0.3, -0.25) is 14.4 Å². The highest BCUT2D eigenvalue weighted by Crippen LogP contribution is 2.25. The van der Waals surface area contributed by atoms with Crippen LogP contribution in [0.4, 0.5) is 0 Å². The van der Waals surface area contributed by atoms with Gasteiger partial charge in [0.05, 0.1) is 2.74 Å². The van der Waals surface area contributed by atoms with Crippen molar-refractivity contribution in [3.8, 4) is 0 Å². The molecule has 1 aliphatic heterocycles. The average molecular weight is 365 g/mol. The Balaban J connectivity index is 2.43. The normalized spacial score (nSPS) is 29.5. The second-order valence-corrected chi connectivity index (χ2v) is 6.63. The van der Waals surface area contributed by atoms with Crippen LogP contribution in [0.25, 0.3) is 0 Å². The van der Waals surface area contributed by atoms with Gasteiger partial charge in [0.15, 0.2) is 5.78 Å². The summed E-state index contributed by atoms with van der Waals surface area (Å²) in [5, 5.41) is 12.3. The minimum atomic E-state index is -2.48. The van der Waals surface area contributed by atoms with E-state index in [2.05, 4.69) is 5.32 Å². The highest BCUT2D eigenvalue weighted by Gasteiger charge is 2.32. The molecule has 1 aromatic rings. The van der Waals surface area contributed by atoms with Crippen molar-refractivity contribution in [3.05, 3.63) is 35.4 Å². The SMILES string of the molecule is [2H]C1([2H])CN(C)C(=O)[C@@]([2H])(NC(=O)[C@]([2H])(C)CC(=O)[C@@]([2H])(O)C(C)C)c2ccccc21. The summed E-state index contributed by atoms with van der Waals surface area (Å²) >= 11 is 0. The number of hydrogen-bond acceptors (Lipinski definition) is 4. The van der Waals surface area contributed by atoms with Gasteiger partial charge in [0, 0.05) is 30.0 Å². The van der Waals surface area contributed by atoms with E-state index >= 15 is 0 Å². The van der Waals surface area contributed by atoms with Crippen LogP contribution in [0, 0.1) is 11.8 Å². The smallest absolute Gasteiger partial charge is 0.249 e. The predicted octanol–water partition coefficient (Wildman–Crippen LogP) is 1.47. The molecule has 0 saturated carbocycles. The Morgan fingerprint density at radius 3 is 2.73 bits per heavy atom. The number of likely N-dealkylation sites (N-methyl/N-ethyl adjacent to an activating group) is 1. The number of benzene rings is 1. The summed E-state index contributed by atoms with van der Waals surface area (Å²) in [4.78, 5) is 39.3. The van der Waals surface area contributed by atoms with Crippen LogP contribution in [-0.4, -0.2) is 47.3 Å². The molecule has 0 saturated heterocycles. The largest absolute Gasteiger partial charge is 0.385 e. The maximum atomic E-state index is 13.0. The van der Waals surface area contributed by atoms with E-state index in [9.17, 15) is 19.5 Å².